The second kappa shape index (κ2) is 17.3. The van der Waals surface area contributed by atoms with Crippen LogP contribution in [0.5, 0.6) is 11.5 Å². The zero-order chi connectivity index (χ0) is 27.0. The Hall–Kier alpha value is -1.15. The van der Waals surface area contributed by atoms with Crippen molar-refractivity contribution in [1.82, 2.24) is 0 Å². The third-order valence-electron chi connectivity index (χ3n) is 5.62. The molecule has 8 nitrogen and oxygen atoms in total. The van der Waals surface area contributed by atoms with Gasteiger partial charge in [-0.05, 0) is 49.8 Å². The molecule has 1 aromatic rings. The summed E-state index contributed by atoms with van der Waals surface area (Å²) in [4.78, 5) is 0. The fraction of sp³-hybridized carbons (Fsp3) is 0.769. The Labute approximate surface area is 214 Å². The van der Waals surface area contributed by atoms with Crippen LogP contribution in [0.3, 0.4) is 0 Å². The molecule has 0 fully saturated rings. The number of nitrogens with zero attached hydrogens (tertiary/aromatic N) is 2. The minimum Gasteiger partial charge on any atom is -0.504 e. The average Bonchev–Trinajstić information content (AvgIpc) is 2.77. The topological polar surface area (TPSA) is 85.2 Å². The molecule has 35 heavy (non-hydrogen) atoms. The zero-order valence-electron chi connectivity index (χ0n) is 23.6. The Balaban J connectivity index is 0.00000109. The monoisotopic (exact) mass is 520 g/mol. The lowest BCUT2D eigenvalue weighted by Gasteiger charge is -2.30. The number of phosphoric acid groups is 1. The molecule has 0 spiro atoms. The van der Waals surface area contributed by atoms with Gasteiger partial charge in [-0.25, -0.2) is 4.57 Å². The number of phenolic OH excluding ortho intramolecular Hbond substituents is 2. The van der Waals surface area contributed by atoms with Crippen LogP contribution in [0.2, 0.25) is 0 Å². The van der Waals surface area contributed by atoms with Crippen LogP contribution in [0, 0.1) is 0 Å². The van der Waals surface area contributed by atoms with Gasteiger partial charge in [0.05, 0.1) is 54.9 Å². The van der Waals surface area contributed by atoms with E-state index in [4.69, 9.17) is 13.6 Å². The Morgan fingerprint density at radius 1 is 0.800 bits per heavy atom. The van der Waals surface area contributed by atoms with Crippen molar-refractivity contribution in [3.05, 3.63) is 23.8 Å². The number of unbranched alkanes of at least 4 members (excludes halogenated alkanes) is 3. The molecule has 0 radical (unpaired) electrons. The first-order valence-electron chi connectivity index (χ1n) is 12.9. The highest BCUT2D eigenvalue weighted by Crippen LogP contribution is 2.48. The molecule has 9 heteroatoms. The number of hydrogen-bond donors (Lipinski definition) is 2. The van der Waals surface area contributed by atoms with E-state index in [2.05, 4.69) is 49.1 Å². The molecule has 0 bridgehead atoms. The second-order valence-corrected chi connectivity index (χ2v) is 12.5. The van der Waals surface area contributed by atoms with Crippen molar-refractivity contribution in [2.75, 3.05) is 75.2 Å². The van der Waals surface area contributed by atoms with E-state index in [1.807, 2.05) is 0 Å². The molecular weight excluding hydrogens is 467 g/mol. The van der Waals surface area contributed by atoms with Crippen molar-refractivity contribution >= 4 is 7.82 Å². The molecule has 0 saturated heterocycles. The van der Waals surface area contributed by atoms with Crippen molar-refractivity contribution in [2.24, 2.45) is 0 Å². The van der Waals surface area contributed by atoms with Gasteiger partial charge in [0.15, 0.2) is 11.5 Å². The summed E-state index contributed by atoms with van der Waals surface area (Å²) in [6.45, 7) is 7.99. The first kappa shape index (κ1) is 33.8. The van der Waals surface area contributed by atoms with Gasteiger partial charge < -0.3 is 19.2 Å². The predicted molar refractivity (Wildman–Crippen MR) is 144 cm³/mol. The van der Waals surface area contributed by atoms with Crippen LogP contribution < -0.4 is 0 Å². The van der Waals surface area contributed by atoms with Crippen molar-refractivity contribution in [3.8, 4) is 11.5 Å². The van der Waals surface area contributed by atoms with Crippen molar-refractivity contribution < 1.29 is 37.3 Å². The van der Waals surface area contributed by atoms with Crippen LogP contribution in [0.25, 0.3) is 0 Å². The molecule has 0 saturated carbocycles. The van der Waals surface area contributed by atoms with E-state index < -0.39 is 7.82 Å². The van der Waals surface area contributed by atoms with Gasteiger partial charge in [0, 0.05) is 7.11 Å². The fourth-order valence-corrected chi connectivity index (χ4v) is 4.20. The van der Waals surface area contributed by atoms with E-state index in [9.17, 15) is 14.8 Å². The summed E-state index contributed by atoms with van der Waals surface area (Å²) in [5.74, 6) is -0.305. The van der Waals surface area contributed by atoms with Gasteiger partial charge in [-0.2, -0.15) is 0 Å². The summed E-state index contributed by atoms with van der Waals surface area (Å²) in [7, 11) is 8.73. The molecule has 1 atom stereocenters. The number of aromatic hydroxyl groups is 2. The fourth-order valence-electron chi connectivity index (χ4n) is 3.25. The number of benzene rings is 1. The van der Waals surface area contributed by atoms with Gasteiger partial charge in [0.25, 0.3) is 0 Å². The van der Waals surface area contributed by atoms with Gasteiger partial charge in [-0.1, -0.05) is 32.8 Å². The van der Waals surface area contributed by atoms with E-state index in [0.717, 1.165) is 40.5 Å². The number of phosphoric ester groups is 1. The van der Waals surface area contributed by atoms with Gasteiger partial charge in [0.1, 0.15) is 13.2 Å². The Kier molecular flexibility index (Phi) is 16.8. The van der Waals surface area contributed by atoms with Crippen molar-refractivity contribution in [1.29, 1.82) is 0 Å². The highest BCUT2D eigenvalue weighted by molar-refractivity contribution is 7.48. The summed E-state index contributed by atoms with van der Waals surface area (Å²) in [5, 5.41) is 18.8. The molecule has 0 amide bonds. The zero-order valence-corrected chi connectivity index (χ0v) is 24.5. The van der Waals surface area contributed by atoms with Crippen LogP contribution in [0.4, 0.5) is 0 Å². The molecule has 2 N–H and O–H groups in total. The lowest BCUT2D eigenvalue weighted by Crippen LogP contribution is -2.42. The van der Waals surface area contributed by atoms with E-state index in [1.165, 1.54) is 45.0 Å². The highest BCUT2D eigenvalue weighted by atomic mass is 31.2. The standard InChI is InChI=1S/C18H32NO6P.C8H20N/c1-5-6-11-19(2,3)12-14-25-26(22,23-4)24-13-7-8-16-9-10-17(20)18(21)15-16;1-5-6-7-8-9(2,3)4/h9-10,15H,5-8,11-14H2,1-4H3,(H-,20,21);5-8H2,1-4H3/q;+1/p+1. The molecule has 0 aliphatic carbocycles. The number of quaternary nitrogens is 2. The molecule has 0 aliphatic rings. The summed E-state index contributed by atoms with van der Waals surface area (Å²) < 4.78 is 30.0. The summed E-state index contributed by atoms with van der Waals surface area (Å²) in [6, 6.07) is 4.66. The van der Waals surface area contributed by atoms with Crippen LogP contribution in [0.1, 0.15) is 57.9 Å². The SMILES string of the molecule is CCCCC[N+](C)(C)C.CCCC[N+](C)(C)CCOP(=O)(OC)OCCCc1ccc(O)c(O)c1. The Morgan fingerprint density at radius 2 is 1.43 bits per heavy atom. The number of rotatable bonds is 17. The molecule has 1 rings (SSSR count). The van der Waals surface area contributed by atoms with Crippen LogP contribution in [-0.4, -0.2) is 94.4 Å². The number of hydrogen-bond acceptors (Lipinski definition) is 6. The minimum absolute atomic E-state index is 0.150. The third kappa shape index (κ3) is 17.9. The molecule has 1 aromatic carbocycles. The predicted octanol–water partition coefficient (Wildman–Crippen LogP) is 5.58. The van der Waals surface area contributed by atoms with Crippen LogP contribution in [0.15, 0.2) is 18.2 Å². The lowest BCUT2D eigenvalue weighted by atomic mass is 10.1. The molecule has 206 valence electrons. The molecular formula is C26H53N2O6P+2. The maximum Gasteiger partial charge on any atom is 0.474 e. The normalized spacial score (nSPS) is 13.7. The molecule has 0 heterocycles. The van der Waals surface area contributed by atoms with Gasteiger partial charge in [-0.15, -0.1) is 0 Å². The first-order chi connectivity index (χ1) is 16.3. The minimum atomic E-state index is -3.55. The molecule has 1 unspecified atom stereocenters. The van der Waals surface area contributed by atoms with Crippen LogP contribution >= 0.6 is 7.82 Å². The first-order valence-corrected chi connectivity index (χ1v) is 14.3. The van der Waals surface area contributed by atoms with E-state index >= 15 is 0 Å². The van der Waals surface area contributed by atoms with E-state index in [0.29, 0.717) is 19.4 Å². The van der Waals surface area contributed by atoms with Crippen LogP contribution in [-0.2, 0) is 24.6 Å². The molecule has 0 aliphatic heterocycles. The maximum atomic E-state index is 12.4. The Bertz CT molecular complexity index is 737. The van der Waals surface area contributed by atoms with Gasteiger partial charge >= 0.3 is 7.82 Å². The smallest absolute Gasteiger partial charge is 0.474 e. The summed E-state index contributed by atoms with van der Waals surface area (Å²) in [6.07, 6.45) is 7.56. The van der Waals surface area contributed by atoms with Gasteiger partial charge in [-0.3, -0.25) is 13.6 Å². The van der Waals surface area contributed by atoms with Gasteiger partial charge in [0.2, 0.25) is 0 Å². The van der Waals surface area contributed by atoms with E-state index in [-0.39, 0.29) is 18.1 Å². The quantitative estimate of drug-likeness (QED) is 0.121. The molecule has 0 aromatic heterocycles. The summed E-state index contributed by atoms with van der Waals surface area (Å²) in [5.41, 5.74) is 0.854. The Morgan fingerprint density at radius 3 is 1.97 bits per heavy atom. The lowest BCUT2D eigenvalue weighted by molar-refractivity contribution is -0.890. The summed E-state index contributed by atoms with van der Waals surface area (Å²) >= 11 is 0. The van der Waals surface area contributed by atoms with Crippen molar-refractivity contribution in [2.45, 2.75) is 58.8 Å². The number of phenols is 2. The van der Waals surface area contributed by atoms with E-state index in [1.54, 1.807) is 6.07 Å². The number of aryl methyl sites for hydroxylation is 1. The highest BCUT2D eigenvalue weighted by Gasteiger charge is 2.26. The number of likely N-dealkylation sites (N-methyl/N-ethyl adjacent to an activating group) is 1. The average molecular weight is 521 g/mol. The maximum absolute atomic E-state index is 12.4. The third-order valence-corrected chi connectivity index (χ3v) is 7.06. The second-order valence-electron chi connectivity index (χ2n) is 10.7. The largest absolute Gasteiger partial charge is 0.504 e. The van der Waals surface area contributed by atoms with Crippen molar-refractivity contribution in [3.63, 3.8) is 0 Å².